The summed E-state index contributed by atoms with van der Waals surface area (Å²) in [6, 6.07) is 7.39. The molecule has 4 heteroatoms. The van der Waals surface area contributed by atoms with Crippen LogP contribution in [0.4, 0.5) is 0 Å². The van der Waals surface area contributed by atoms with Crippen LogP contribution in [0.1, 0.15) is 48.0 Å². The molecule has 20 heavy (non-hydrogen) atoms. The first-order chi connectivity index (χ1) is 9.61. The van der Waals surface area contributed by atoms with Gasteiger partial charge in [0, 0.05) is 5.57 Å². The van der Waals surface area contributed by atoms with Crippen molar-refractivity contribution in [3.63, 3.8) is 0 Å². The van der Waals surface area contributed by atoms with E-state index in [1.165, 1.54) is 0 Å². The summed E-state index contributed by atoms with van der Waals surface area (Å²) in [6.45, 7) is 2.15. The highest BCUT2D eigenvalue weighted by Crippen LogP contribution is 2.32. The number of hydrogen-bond donors (Lipinski definition) is 1. The molecular formula is C16H18O4. The van der Waals surface area contributed by atoms with Crippen LogP contribution < -0.4 is 0 Å². The minimum absolute atomic E-state index is 0.309. The van der Waals surface area contributed by atoms with Crippen molar-refractivity contribution in [2.75, 3.05) is 6.61 Å². The van der Waals surface area contributed by atoms with Gasteiger partial charge in [-0.3, -0.25) is 0 Å². The Labute approximate surface area is 118 Å². The van der Waals surface area contributed by atoms with Gasteiger partial charge in [0.05, 0.1) is 12.2 Å². The average molecular weight is 274 g/mol. The van der Waals surface area contributed by atoms with Crippen LogP contribution in [0.15, 0.2) is 35.9 Å². The Morgan fingerprint density at radius 1 is 1.30 bits per heavy atom. The molecule has 1 aromatic carbocycles. The first-order valence-corrected chi connectivity index (χ1v) is 6.81. The Bertz CT molecular complexity index is 528. The molecule has 1 N–H and O–H groups in total. The van der Waals surface area contributed by atoms with Gasteiger partial charge in [0.15, 0.2) is 0 Å². The summed E-state index contributed by atoms with van der Waals surface area (Å²) in [5.41, 5.74) is 2.19. The zero-order valence-corrected chi connectivity index (χ0v) is 11.5. The molecule has 1 aliphatic carbocycles. The molecule has 1 aliphatic rings. The molecule has 0 fully saturated rings. The summed E-state index contributed by atoms with van der Waals surface area (Å²) in [5, 5.41) is 8.92. The minimum atomic E-state index is -0.818. The molecule has 106 valence electrons. The van der Waals surface area contributed by atoms with Gasteiger partial charge in [-0.25, -0.2) is 9.59 Å². The largest absolute Gasteiger partial charge is 0.478 e. The number of aliphatic carboxylic acids is 1. The van der Waals surface area contributed by atoms with Gasteiger partial charge in [-0.2, -0.15) is 0 Å². The molecule has 1 aromatic rings. The highest BCUT2D eigenvalue weighted by Gasteiger charge is 2.19. The lowest BCUT2D eigenvalue weighted by Crippen LogP contribution is -2.10. The van der Waals surface area contributed by atoms with Crippen LogP contribution in [0.3, 0.4) is 0 Å². The first-order valence-electron chi connectivity index (χ1n) is 6.81. The standard InChI is InChI=1S/C16H18O4/c1-2-20-16(19)14-9-5-12(6-10-14)11-3-7-13(8-4-11)15(17)18/h5-7,9-11H,2-4,8H2,1H3,(H,17,18). The maximum absolute atomic E-state index is 11.6. The van der Waals surface area contributed by atoms with Gasteiger partial charge in [0.2, 0.25) is 0 Å². The van der Waals surface area contributed by atoms with Gasteiger partial charge in [-0.1, -0.05) is 18.2 Å². The zero-order chi connectivity index (χ0) is 14.5. The lowest BCUT2D eigenvalue weighted by molar-refractivity contribution is -0.132. The Morgan fingerprint density at radius 3 is 2.50 bits per heavy atom. The second-order valence-corrected chi connectivity index (χ2v) is 4.85. The number of allylic oxidation sites excluding steroid dienone is 1. The molecule has 0 saturated carbocycles. The van der Waals surface area contributed by atoms with Crippen molar-refractivity contribution in [3.8, 4) is 0 Å². The van der Waals surface area contributed by atoms with E-state index in [0.717, 1.165) is 18.4 Å². The average Bonchev–Trinajstić information content (AvgIpc) is 2.48. The molecule has 0 aromatic heterocycles. The number of carbonyl (C=O) groups is 2. The molecule has 0 aliphatic heterocycles. The quantitative estimate of drug-likeness (QED) is 0.857. The van der Waals surface area contributed by atoms with E-state index in [4.69, 9.17) is 9.84 Å². The SMILES string of the molecule is CCOC(=O)c1ccc(C2CC=C(C(=O)O)CC2)cc1. The zero-order valence-electron chi connectivity index (χ0n) is 11.5. The number of carboxylic acid groups (broad SMARTS) is 1. The Balaban J connectivity index is 2.04. The van der Waals surface area contributed by atoms with E-state index in [1.807, 2.05) is 12.1 Å². The molecule has 0 heterocycles. The van der Waals surface area contributed by atoms with Gasteiger partial charge >= 0.3 is 11.9 Å². The summed E-state index contributed by atoms with van der Waals surface area (Å²) >= 11 is 0. The van der Waals surface area contributed by atoms with Crippen LogP contribution in [0.25, 0.3) is 0 Å². The van der Waals surface area contributed by atoms with Crippen molar-refractivity contribution in [1.29, 1.82) is 0 Å². The summed E-state index contributed by atoms with van der Waals surface area (Å²) in [6.07, 6.45) is 3.96. The van der Waals surface area contributed by atoms with Crippen LogP contribution in [0.2, 0.25) is 0 Å². The Hall–Kier alpha value is -2.10. The maximum Gasteiger partial charge on any atom is 0.338 e. The molecule has 0 saturated heterocycles. The topological polar surface area (TPSA) is 63.6 Å². The normalized spacial score (nSPS) is 18.2. The fourth-order valence-electron chi connectivity index (χ4n) is 2.44. The van der Waals surface area contributed by atoms with Crippen molar-refractivity contribution >= 4 is 11.9 Å². The molecule has 1 atom stereocenters. The summed E-state index contributed by atoms with van der Waals surface area (Å²) in [5.74, 6) is -0.800. The highest BCUT2D eigenvalue weighted by molar-refractivity contribution is 5.89. The van der Waals surface area contributed by atoms with Crippen molar-refractivity contribution in [2.24, 2.45) is 0 Å². The van der Waals surface area contributed by atoms with E-state index in [0.29, 0.717) is 30.1 Å². The third-order valence-corrected chi connectivity index (χ3v) is 3.58. The number of hydrogen-bond acceptors (Lipinski definition) is 3. The molecule has 0 amide bonds. The lowest BCUT2D eigenvalue weighted by atomic mass is 9.84. The molecule has 0 bridgehead atoms. The van der Waals surface area contributed by atoms with Crippen molar-refractivity contribution in [1.82, 2.24) is 0 Å². The number of rotatable bonds is 4. The molecule has 4 nitrogen and oxygen atoms in total. The monoisotopic (exact) mass is 274 g/mol. The van der Waals surface area contributed by atoms with Crippen molar-refractivity contribution in [2.45, 2.75) is 32.1 Å². The van der Waals surface area contributed by atoms with E-state index in [-0.39, 0.29) is 5.97 Å². The molecule has 0 radical (unpaired) electrons. The predicted octanol–water partition coefficient (Wildman–Crippen LogP) is 3.14. The van der Waals surface area contributed by atoms with Gasteiger partial charge in [0.25, 0.3) is 0 Å². The number of carbonyl (C=O) groups excluding carboxylic acids is 1. The second kappa shape index (κ2) is 6.37. The third kappa shape index (κ3) is 3.26. The summed E-state index contributed by atoms with van der Waals surface area (Å²) in [7, 11) is 0. The highest BCUT2D eigenvalue weighted by atomic mass is 16.5. The van der Waals surface area contributed by atoms with Crippen LogP contribution in [0, 0.1) is 0 Å². The van der Waals surface area contributed by atoms with Gasteiger partial charge in [-0.15, -0.1) is 0 Å². The lowest BCUT2D eigenvalue weighted by Gasteiger charge is -2.20. The Morgan fingerprint density at radius 2 is 2.00 bits per heavy atom. The van der Waals surface area contributed by atoms with Crippen LogP contribution in [-0.2, 0) is 9.53 Å². The van der Waals surface area contributed by atoms with E-state index >= 15 is 0 Å². The fourth-order valence-corrected chi connectivity index (χ4v) is 2.44. The third-order valence-electron chi connectivity index (χ3n) is 3.58. The summed E-state index contributed by atoms with van der Waals surface area (Å²) in [4.78, 5) is 22.4. The molecular weight excluding hydrogens is 256 g/mol. The van der Waals surface area contributed by atoms with Crippen LogP contribution in [0.5, 0.6) is 0 Å². The smallest absolute Gasteiger partial charge is 0.338 e. The van der Waals surface area contributed by atoms with Gasteiger partial charge in [-0.05, 0) is 49.8 Å². The number of carboxylic acids is 1. The maximum atomic E-state index is 11.6. The van der Waals surface area contributed by atoms with E-state index in [1.54, 1.807) is 25.1 Å². The molecule has 2 rings (SSSR count). The Kier molecular flexibility index (Phi) is 4.56. The molecule has 1 unspecified atom stereocenters. The van der Waals surface area contributed by atoms with Crippen molar-refractivity contribution in [3.05, 3.63) is 47.0 Å². The second-order valence-electron chi connectivity index (χ2n) is 4.85. The fraction of sp³-hybridized carbons (Fsp3) is 0.375. The van der Waals surface area contributed by atoms with Gasteiger partial charge in [0.1, 0.15) is 0 Å². The number of benzene rings is 1. The van der Waals surface area contributed by atoms with E-state index in [9.17, 15) is 9.59 Å². The van der Waals surface area contributed by atoms with Crippen molar-refractivity contribution < 1.29 is 19.4 Å². The predicted molar refractivity (Wildman–Crippen MR) is 74.7 cm³/mol. The first kappa shape index (κ1) is 14.3. The van der Waals surface area contributed by atoms with Crippen LogP contribution in [-0.4, -0.2) is 23.7 Å². The molecule has 0 spiro atoms. The number of esters is 1. The van der Waals surface area contributed by atoms with E-state index in [2.05, 4.69) is 0 Å². The van der Waals surface area contributed by atoms with Gasteiger partial charge < -0.3 is 9.84 Å². The number of ether oxygens (including phenoxy) is 1. The van der Waals surface area contributed by atoms with E-state index < -0.39 is 5.97 Å². The minimum Gasteiger partial charge on any atom is -0.478 e. The van der Waals surface area contributed by atoms with Crippen LogP contribution >= 0.6 is 0 Å². The summed E-state index contributed by atoms with van der Waals surface area (Å²) < 4.78 is 4.94.